The smallest absolute Gasteiger partial charge is 0.338 e. The van der Waals surface area contributed by atoms with Crippen LogP contribution in [0.25, 0.3) is 0 Å². The highest BCUT2D eigenvalue weighted by molar-refractivity contribution is 5.74. The summed E-state index contributed by atoms with van der Waals surface area (Å²) < 4.78 is 37.2. The minimum atomic E-state index is -4.13. The molecule has 1 aromatic carbocycles. The number of hydrogen-bond acceptors (Lipinski definition) is 3. The number of halogens is 3. The van der Waals surface area contributed by atoms with Gasteiger partial charge in [-0.2, -0.15) is 13.2 Å². The Morgan fingerprint density at radius 1 is 0.966 bits per heavy atom. The number of nitrogens with zero attached hydrogens (tertiary/aromatic N) is 3. The summed E-state index contributed by atoms with van der Waals surface area (Å²) in [6.45, 7) is 5.76. The molecule has 0 spiro atoms. The average Bonchev–Trinajstić information content (AvgIpc) is 2.95. The summed E-state index contributed by atoms with van der Waals surface area (Å²) in [7, 11) is 0. The lowest BCUT2D eigenvalue weighted by Gasteiger charge is -2.28. The fraction of sp³-hybridized carbons (Fsp3) is 0.667. The monoisotopic (exact) mass is 412 g/mol. The number of hydrogen-bond donors (Lipinski definition) is 1. The summed E-state index contributed by atoms with van der Waals surface area (Å²) in [6, 6.07) is 8.43. The summed E-state index contributed by atoms with van der Waals surface area (Å²) in [4.78, 5) is 18.3. The molecule has 2 aliphatic heterocycles. The van der Waals surface area contributed by atoms with Crippen LogP contribution >= 0.6 is 0 Å². The molecule has 2 heterocycles. The first-order valence-electron chi connectivity index (χ1n) is 10.5. The molecule has 0 radical (unpaired) electrons. The number of carbonyl (C=O) groups excluding carboxylic acids is 1. The van der Waals surface area contributed by atoms with Crippen molar-refractivity contribution in [1.29, 1.82) is 0 Å². The summed E-state index contributed by atoms with van der Waals surface area (Å²) in [6.07, 6.45) is -2.25. The molecule has 29 heavy (non-hydrogen) atoms. The van der Waals surface area contributed by atoms with Crippen molar-refractivity contribution in [3.8, 4) is 0 Å². The molecule has 2 amide bonds. The second-order valence-electron chi connectivity index (χ2n) is 7.93. The second kappa shape index (κ2) is 10.3. The Labute approximate surface area is 170 Å². The lowest BCUT2D eigenvalue weighted by Crippen LogP contribution is -2.43. The normalized spacial score (nSPS) is 18.9. The fourth-order valence-electron chi connectivity index (χ4n) is 4.04. The van der Waals surface area contributed by atoms with Crippen molar-refractivity contribution in [1.82, 2.24) is 20.0 Å². The number of alkyl halides is 3. The first-order chi connectivity index (χ1) is 13.9. The summed E-state index contributed by atoms with van der Waals surface area (Å²) in [5, 5.41) is 2.97. The Morgan fingerprint density at radius 2 is 1.76 bits per heavy atom. The van der Waals surface area contributed by atoms with Gasteiger partial charge in [-0.05, 0) is 36.9 Å². The molecule has 1 N–H and O–H groups in total. The van der Waals surface area contributed by atoms with Crippen LogP contribution in [-0.2, 0) is 13.0 Å². The number of carbonyl (C=O) groups is 1. The first-order valence-corrected chi connectivity index (χ1v) is 10.5. The van der Waals surface area contributed by atoms with E-state index in [2.05, 4.69) is 34.5 Å². The van der Waals surface area contributed by atoms with E-state index in [1.165, 1.54) is 11.1 Å². The van der Waals surface area contributed by atoms with Gasteiger partial charge in [-0.3, -0.25) is 4.90 Å². The second-order valence-corrected chi connectivity index (χ2v) is 7.93. The van der Waals surface area contributed by atoms with Gasteiger partial charge in [0.1, 0.15) is 0 Å². The number of benzene rings is 1. The Morgan fingerprint density at radius 3 is 2.55 bits per heavy atom. The van der Waals surface area contributed by atoms with Crippen LogP contribution in [0.1, 0.15) is 30.4 Å². The highest BCUT2D eigenvalue weighted by Gasteiger charge is 2.28. The van der Waals surface area contributed by atoms with Gasteiger partial charge >= 0.3 is 12.2 Å². The highest BCUT2D eigenvalue weighted by atomic mass is 19.4. The molecule has 2 aliphatic rings. The van der Waals surface area contributed by atoms with E-state index in [1.807, 2.05) is 0 Å². The van der Waals surface area contributed by atoms with Gasteiger partial charge in [0, 0.05) is 52.4 Å². The predicted octanol–water partition coefficient (Wildman–Crippen LogP) is 3.10. The van der Waals surface area contributed by atoms with Crippen LogP contribution < -0.4 is 5.32 Å². The molecule has 0 bridgehead atoms. The molecule has 1 fully saturated rings. The highest BCUT2D eigenvalue weighted by Crippen LogP contribution is 2.20. The third-order valence-electron chi connectivity index (χ3n) is 5.72. The van der Waals surface area contributed by atoms with Crippen molar-refractivity contribution in [2.75, 3.05) is 52.4 Å². The molecule has 0 saturated carbocycles. The minimum Gasteiger partial charge on any atom is -0.338 e. The minimum absolute atomic E-state index is 0.0118. The first kappa shape index (κ1) is 21.9. The van der Waals surface area contributed by atoms with Crippen molar-refractivity contribution in [3.05, 3.63) is 35.4 Å². The summed E-state index contributed by atoms with van der Waals surface area (Å²) in [5.41, 5.74) is 2.82. The Bertz CT molecular complexity index is 668. The molecule has 162 valence electrons. The zero-order valence-corrected chi connectivity index (χ0v) is 16.9. The van der Waals surface area contributed by atoms with Crippen LogP contribution in [-0.4, -0.2) is 79.3 Å². The topological polar surface area (TPSA) is 38.8 Å². The van der Waals surface area contributed by atoms with E-state index < -0.39 is 12.6 Å². The lowest BCUT2D eigenvalue weighted by molar-refractivity contribution is -0.137. The standard InChI is InChI=1S/C21H31F3N4O/c22-21(23,24)8-14-26-11-4-12-28(16-15-26)20(29)25-9-3-10-27-13-7-18-5-1-2-6-19(18)17-27/h1-2,5-6H,3-4,7-17H2,(H,25,29). The van der Waals surface area contributed by atoms with Gasteiger partial charge in [0.2, 0.25) is 0 Å². The van der Waals surface area contributed by atoms with Gasteiger partial charge in [0.15, 0.2) is 0 Å². The van der Waals surface area contributed by atoms with E-state index in [4.69, 9.17) is 0 Å². The van der Waals surface area contributed by atoms with Crippen molar-refractivity contribution in [3.63, 3.8) is 0 Å². The molecule has 8 heteroatoms. The van der Waals surface area contributed by atoms with E-state index in [0.29, 0.717) is 39.1 Å². The third kappa shape index (κ3) is 7.19. The molecule has 1 saturated heterocycles. The molecule has 1 aromatic rings. The summed E-state index contributed by atoms with van der Waals surface area (Å²) in [5.74, 6) is 0. The molecule has 0 aliphatic carbocycles. The van der Waals surface area contributed by atoms with Gasteiger partial charge in [-0.15, -0.1) is 0 Å². The van der Waals surface area contributed by atoms with Crippen LogP contribution in [0, 0.1) is 0 Å². The molecular formula is C21H31F3N4O. The zero-order valence-electron chi connectivity index (χ0n) is 16.9. The number of amides is 2. The van der Waals surface area contributed by atoms with Crippen molar-refractivity contribution in [2.45, 2.75) is 38.4 Å². The van der Waals surface area contributed by atoms with E-state index in [-0.39, 0.29) is 12.6 Å². The number of nitrogens with one attached hydrogen (secondary N) is 1. The molecular weight excluding hydrogens is 381 g/mol. The van der Waals surface area contributed by atoms with Crippen LogP contribution in [0.3, 0.4) is 0 Å². The maximum atomic E-state index is 12.4. The Kier molecular flexibility index (Phi) is 7.77. The van der Waals surface area contributed by atoms with Gasteiger partial charge in [0.25, 0.3) is 0 Å². The van der Waals surface area contributed by atoms with Crippen LogP contribution in [0.2, 0.25) is 0 Å². The quantitative estimate of drug-likeness (QED) is 0.730. The molecule has 5 nitrogen and oxygen atoms in total. The van der Waals surface area contributed by atoms with Gasteiger partial charge in [-0.25, -0.2) is 4.79 Å². The molecule has 3 rings (SSSR count). The van der Waals surface area contributed by atoms with Crippen molar-refractivity contribution < 1.29 is 18.0 Å². The van der Waals surface area contributed by atoms with Gasteiger partial charge in [-0.1, -0.05) is 24.3 Å². The van der Waals surface area contributed by atoms with Gasteiger partial charge < -0.3 is 15.1 Å². The SMILES string of the molecule is O=C(NCCCN1CCc2ccccc2C1)N1CCCN(CCC(F)(F)F)CC1. The van der Waals surface area contributed by atoms with E-state index >= 15 is 0 Å². The van der Waals surface area contributed by atoms with Gasteiger partial charge in [0.05, 0.1) is 6.42 Å². The largest absolute Gasteiger partial charge is 0.390 e. The van der Waals surface area contributed by atoms with Crippen LogP contribution in [0.15, 0.2) is 24.3 Å². The summed E-state index contributed by atoms with van der Waals surface area (Å²) >= 11 is 0. The van der Waals surface area contributed by atoms with E-state index in [0.717, 1.165) is 32.5 Å². The lowest BCUT2D eigenvalue weighted by atomic mass is 10.00. The van der Waals surface area contributed by atoms with E-state index in [1.54, 1.807) is 9.80 Å². The van der Waals surface area contributed by atoms with E-state index in [9.17, 15) is 18.0 Å². The molecule has 0 atom stereocenters. The zero-order chi connectivity index (χ0) is 20.7. The van der Waals surface area contributed by atoms with Crippen LogP contribution in [0.4, 0.5) is 18.0 Å². The van der Waals surface area contributed by atoms with Crippen LogP contribution in [0.5, 0.6) is 0 Å². The van der Waals surface area contributed by atoms with Crippen molar-refractivity contribution in [2.24, 2.45) is 0 Å². The maximum Gasteiger partial charge on any atom is 0.390 e. The fourth-order valence-corrected chi connectivity index (χ4v) is 4.04. The predicted molar refractivity (Wildman–Crippen MR) is 107 cm³/mol. The number of fused-ring (bicyclic) bond motifs is 1. The average molecular weight is 413 g/mol. The van der Waals surface area contributed by atoms with Crippen molar-refractivity contribution >= 4 is 6.03 Å². The third-order valence-corrected chi connectivity index (χ3v) is 5.72. The maximum absolute atomic E-state index is 12.4. The number of rotatable bonds is 6. The number of urea groups is 1. The Balaban J connectivity index is 1.32. The molecule has 0 aromatic heterocycles. The molecule has 0 unspecified atom stereocenters. The Hall–Kier alpha value is -1.80.